The Labute approximate surface area is 127 Å². The zero-order chi connectivity index (χ0) is 13.9. The van der Waals surface area contributed by atoms with Gasteiger partial charge >= 0.3 is 0 Å². The van der Waals surface area contributed by atoms with E-state index in [2.05, 4.69) is 11.1 Å². The summed E-state index contributed by atoms with van der Waals surface area (Å²) < 4.78 is 0. The predicted octanol–water partition coefficient (Wildman–Crippen LogP) is 4.13. The van der Waals surface area contributed by atoms with Gasteiger partial charge in [0.2, 0.25) is 0 Å². The summed E-state index contributed by atoms with van der Waals surface area (Å²) in [5, 5.41) is 0.704. The van der Waals surface area contributed by atoms with Crippen LogP contribution >= 0.6 is 23.4 Å². The molecule has 0 amide bonds. The number of Topliss-reactive ketones (excluding diaryl/α,β-unsaturated/α-hetero) is 1. The van der Waals surface area contributed by atoms with E-state index in [9.17, 15) is 4.79 Å². The molecule has 3 rings (SSSR count). The molecule has 1 heterocycles. The van der Waals surface area contributed by atoms with Crippen molar-refractivity contribution in [3.8, 4) is 0 Å². The largest absolute Gasteiger partial charge is 0.298 e. The summed E-state index contributed by atoms with van der Waals surface area (Å²) in [7, 11) is 0. The van der Waals surface area contributed by atoms with Crippen molar-refractivity contribution in [2.45, 2.75) is 23.7 Å². The summed E-state index contributed by atoms with van der Waals surface area (Å²) in [4.78, 5) is 17.7. The minimum absolute atomic E-state index is 0.0406. The monoisotopic (exact) mass is 303 g/mol. The van der Waals surface area contributed by atoms with E-state index in [0.717, 1.165) is 23.4 Å². The third-order valence-corrected chi connectivity index (χ3v) is 5.09. The summed E-state index contributed by atoms with van der Waals surface area (Å²) in [5.74, 6) is 0.651. The molecule has 0 spiro atoms. The summed E-state index contributed by atoms with van der Waals surface area (Å²) in [6, 6.07) is 11.6. The Bertz CT molecular complexity index is 644. The molecule has 1 aromatic carbocycles. The van der Waals surface area contributed by atoms with E-state index in [1.807, 2.05) is 30.3 Å². The fourth-order valence-electron chi connectivity index (χ4n) is 2.54. The van der Waals surface area contributed by atoms with Gasteiger partial charge in [0.15, 0.2) is 5.78 Å². The summed E-state index contributed by atoms with van der Waals surface area (Å²) in [6.07, 6.45) is 3.61. The van der Waals surface area contributed by atoms with Crippen LogP contribution in [0.2, 0.25) is 5.02 Å². The number of aromatic nitrogens is 1. The molecule has 1 atom stereocenters. The first-order valence-electron chi connectivity index (χ1n) is 6.59. The minimum Gasteiger partial charge on any atom is -0.298 e. The van der Waals surface area contributed by atoms with Crippen molar-refractivity contribution in [3.05, 3.63) is 58.9 Å². The van der Waals surface area contributed by atoms with Crippen molar-refractivity contribution in [3.63, 3.8) is 0 Å². The lowest BCUT2D eigenvalue weighted by molar-refractivity contribution is -0.118. The number of aryl methyl sites for hydroxylation is 1. The van der Waals surface area contributed by atoms with E-state index < -0.39 is 0 Å². The minimum atomic E-state index is -0.0406. The molecule has 0 aliphatic heterocycles. The van der Waals surface area contributed by atoms with Crippen molar-refractivity contribution in [1.29, 1.82) is 0 Å². The molecular weight excluding hydrogens is 290 g/mol. The Morgan fingerprint density at radius 3 is 3.00 bits per heavy atom. The highest BCUT2D eigenvalue weighted by atomic mass is 35.5. The number of rotatable bonds is 4. The van der Waals surface area contributed by atoms with Gasteiger partial charge in [0, 0.05) is 11.1 Å². The summed E-state index contributed by atoms with van der Waals surface area (Å²) in [5.41, 5.74) is 2.19. The molecule has 0 saturated heterocycles. The van der Waals surface area contributed by atoms with Gasteiger partial charge in [-0.25, -0.2) is 0 Å². The molecule has 0 saturated carbocycles. The molecule has 2 nitrogen and oxygen atoms in total. The van der Waals surface area contributed by atoms with Crippen LogP contribution in [0.4, 0.5) is 0 Å². The first-order valence-corrected chi connectivity index (χ1v) is 7.96. The Balaban J connectivity index is 1.68. The smallest absolute Gasteiger partial charge is 0.152 e. The van der Waals surface area contributed by atoms with Gasteiger partial charge in [-0.1, -0.05) is 29.8 Å². The molecule has 0 fully saturated rings. The molecule has 20 heavy (non-hydrogen) atoms. The van der Waals surface area contributed by atoms with Crippen LogP contribution in [0.25, 0.3) is 0 Å². The van der Waals surface area contributed by atoms with Crippen LogP contribution in [0.3, 0.4) is 0 Å². The Hall–Kier alpha value is -1.32. The fraction of sp³-hybridized carbons (Fsp3) is 0.250. The van der Waals surface area contributed by atoms with Gasteiger partial charge < -0.3 is 0 Å². The first kappa shape index (κ1) is 13.7. The van der Waals surface area contributed by atoms with Crippen LogP contribution in [0.1, 0.15) is 23.6 Å². The molecular formula is C16H14ClNOS. The average Bonchev–Trinajstić information content (AvgIpc) is 2.90. The molecule has 1 aliphatic rings. The number of thioether (sulfide) groups is 1. The van der Waals surface area contributed by atoms with Crippen molar-refractivity contribution in [1.82, 2.24) is 4.98 Å². The van der Waals surface area contributed by atoms with Crippen molar-refractivity contribution < 1.29 is 4.79 Å². The Morgan fingerprint density at radius 2 is 2.15 bits per heavy atom. The average molecular weight is 304 g/mol. The third-order valence-electron chi connectivity index (χ3n) is 3.55. The van der Waals surface area contributed by atoms with Crippen LogP contribution < -0.4 is 0 Å². The topological polar surface area (TPSA) is 30.0 Å². The zero-order valence-corrected chi connectivity index (χ0v) is 12.5. The van der Waals surface area contributed by atoms with Gasteiger partial charge in [-0.05, 0) is 36.6 Å². The van der Waals surface area contributed by atoms with E-state index in [1.165, 1.54) is 17.3 Å². The number of ketones is 1. The Kier molecular flexibility index (Phi) is 4.08. The fourth-order valence-corrected chi connectivity index (χ4v) is 3.72. The number of pyridine rings is 1. The number of carbonyl (C=O) groups is 1. The number of carbonyl (C=O) groups excluding carboxylic acids is 1. The van der Waals surface area contributed by atoms with Crippen LogP contribution in [0, 0.1) is 0 Å². The molecule has 1 aromatic heterocycles. The van der Waals surface area contributed by atoms with Crippen molar-refractivity contribution in [2.24, 2.45) is 0 Å². The Morgan fingerprint density at radius 1 is 1.30 bits per heavy atom. The zero-order valence-electron chi connectivity index (χ0n) is 10.9. The highest BCUT2D eigenvalue weighted by molar-refractivity contribution is 8.00. The van der Waals surface area contributed by atoms with Gasteiger partial charge in [0.1, 0.15) is 0 Å². The van der Waals surface area contributed by atoms with Gasteiger partial charge in [-0.15, -0.1) is 11.8 Å². The summed E-state index contributed by atoms with van der Waals surface area (Å²) in [6.45, 7) is 0. The van der Waals surface area contributed by atoms with Crippen LogP contribution in [0.5, 0.6) is 0 Å². The number of halogens is 1. The number of nitrogens with zero attached hydrogens (tertiary/aromatic N) is 1. The number of benzene rings is 1. The third kappa shape index (κ3) is 2.74. The van der Waals surface area contributed by atoms with E-state index in [1.54, 1.807) is 6.20 Å². The van der Waals surface area contributed by atoms with E-state index in [4.69, 9.17) is 11.6 Å². The summed E-state index contributed by atoms with van der Waals surface area (Å²) >= 11 is 7.61. The second-order valence-corrected chi connectivity index (χ2v) is 6.25. The second kappa shape index (κ2) is 5.98. The molecule has 0 radical (unpaired) electrons. The van der Waals surface area contributed by atoms with E-state index in [0.29, 0.717) is 10.8 Å². The maximum Gasteiger partial charge on any atom is 0.152 e. The molecule has 0 bridgehead atoms. The molecule has 1 aliphatic carbocycles. The van der Waals surface area contributed by atoms with Gasteiger partial charge in [-0.3, -0.25) is 9.78 Å². The van der Waals surface area contributed by atoms with Crippen LogP contribution in [0.15, 0.2) is 47.5 Å². The normalized spacial score (nSPS) is 16.9. The molecule has 4 heteroatoms. The van der Waals surface area contributed by atoms with Gasteiger partial charge in [0.25, 0.3) is 0 Å². The highest BCUT2D eigenvalue weighted by Crippen LogP contribution is 2.34. The van der Waals surface area contributed by atoms with E-state index in [-0.39, 0.29) is 11.7 Å². The molecule has 2 aromatic rings. The van der Waals surface area contributed by atoms with Crippen LogP contribution in [-0.4, -0.2) is 16.5 Å². The second-order valence-electron chi connectivity index (χ2n) is 4.82. The maximum absolute atomic E-state index is 12.4. The quantitative estimate of drug-likeness (QED) is 0.796. The predicted molar refractivity (Wildman–Crippen MR) is 82.5 cm³/mol. The highest BCUT2D eigenvalue weighted by Gasteiger charge is 2.29. The maximum atomic E-state index is 12.4. The number of hydrogen-bond acceptors (Lipinski definition) is 3. The standard InChI is InChI=1S/C16H14ClNOS/c17-13-5-1-2-6-15(13)20-10-14(19)12-8-7-11-4-3-9-18-16(11)12/h1-6,9,12H,7-8,10H2. The van der Waals surface area contributed by atoms with Crippen molar-refractivity contribution >= 4 is 29.1 Å². The first-order chi connectivity index (χ1) is 9.75. The lowest BCUT2D eigenvalue weighted by Gasteiger charge is -2.09. The lowest BCUT2D eigenvalue weighted by atomic mass is 10.0. The number of hydrogen-bond donors (Lipinski definition) is 0. The molecule has 1 unspecified atom stereocenters. The van der Waals surface area contributed by atoms with Gasteiger partial charge in [0.05, 0.1) is 22.4 Å². The number of fused-ring (bicyclic) bond motifs is 1. The van der Waals surface area contributed by atoms with Crippen molar-refractivity contribution in [2.75, 3.05) is 5.75 Å². The molecule has 0 N–H and O–H groups in total. The van der Waals surface area contributed by atoms with Crippen LogP contribution in [-0.2, 0) is 11.2 Å². The van der Waals surface area contributed by atoms with Gasteiger partial charge in [-0.2, -0.15) is 0 Å². The van der Waals surface area contributed by atoms with E-state index >= 15 is 0 Å². The lowest BCUT2D eigenvalue weighted by Crippen LogP contribution is -2.13. The molecule has 102 valence electrons. The SMILES string of the molecule is O=C(CSc1ccccc1Cl)C1CCc2cccnc21.